The van der Waals surface area contributed by atoms with Gasteiger partial charge in [0.25, 0.3) is 5.91 Å². The van der Waals surface area contributed by atoms with Crippen molar-refractivity contribution in [2.75, 3.05) is 0 Å². The van der Waals surface area contributed by atoms with Crippen molar-refractivity contribution in [3.63, 3.8) is 0 Å². The maximum atomic E-state index is 12.9. The number of carbonyl (C=O) groups excluding carboxylic acids is 2. The van der Waals surface area contributed by atoms with Crippen molar-refractivity contribution in [3.8, 4) is 5.75 Å². The highest BCUT2D eigenvalue weighted by Gasteiger charge is 2.51. The van der Waals surface area contributed by atoms with E-state index in [0.29, 0.717) is 17.0 Å². The predicted octanol–water partition coefficient (Wildman–Crippen LogP) is 3.48. The molecule has 1 fully saturated rings. The Balaban J connectivity index is 1.90. The molecule has 3 amide bonds. The van der Waals surface area contributed by atoms with Crippen LogP contribution in [0.25, 0.3) is 0 Å². The first-order chi connectivity index (χ1) is 13.0. The molecule has 1 atom stereocenters. The topological polar surface area (TPSA) is 71.0 Å². The number of para-hydroxylation sites is 1. The van der Waals surface area contributed by atoms with Gasteiger partial charge < -0.3 is 10.1 Å². The monoisotopic (exact) mass is 373 g/mol. The lowest BCUT2D eigenvalue weighted by molar-refractivity contribution is -0.131. The Labute approximate surface area is 154 Å². The summed E-state index contributed by atoms with van der Waals surface area (Å²) in [7, 11) is 0. The number of amides is 3. The van der Waals surface area contributed by atoms with Crippen molar-refractivity contribution in [2.24, 2.45) is 5.10 Å². The first kappa shape index (κ1) is 18.5. The molecule has 0 aromatic heterocycles. The molecule has 8 heteroatoms. The van der Waals surface area contributed by atoms with Crippen LogP contribution in [-0.2, 0) is 10.3 Å². The number of hydrogen-bond acceptors (Lipinski definition) is 4. The third-order valence-electron chi connectivity index (χ3n) is 4.31. The molecule has 0 bridgehead atoms. The summed E-state index contributed by atoms with van der Waals surface area (Å²) < 4.78 is 29.4. The van der Waals surface area contributed by atoms with E-state index in [0.717, 1.165) is 6.21 Å². The van der Waals surface area contributed by atoms with Gasteiger partial charge in [-0.3, -0.25) is 4.79 Å². The molecule has 3 rings (SSSR count). The molecule has 1 N–H and O–H groups in total. The van der Waals surface area contributed by atoms with E-state index in [1.807, 2.05) is 6.07 Å². The van der Waals surface area contributed by atoms with Crippen molar-refractivity contribution in [1.29, 1.82) is 0 Å². The molecule has 1 heterocycles. The fourth-order valence-corrected chi connectivity index (χ4v) is 2.94. The summed E-state index contributed by atoms with van der Waals surface area (Å²) in [6.45, 7) is -1.22. The minimum absolute atomic E-state index is 0.104. The van der Waals surface area contributed by atoms with Crippen molar-refractivity contribution < 1.29 is 23.1 Å². The Hall–Kier alpha value is -3.29. The quantitative estimate of drug-likeness (QED) is 0.623. The summed E-state index contributed by atoms with van der Waals surface area (Å²) >= 11 is 0. The Morgan fingerprint density at radius 2 is 1.81 bits per heavy atom. The zero-order chi connectivity index (χ0) is 19.4. The number of halogens is 2. The zero-order valence-electron chi connectivity index (χ0n) is 14.4. The van der Waals surface area contributed by atoms with Crippen LogP contribution in [0.5, 0.6) is 5.75 Å². The van der Waals surface area contributed by atoms with Crippen molar-refractivity contribution in [1.82, 2.24) is 10.3 Å². The number of nitrogens with zero attached hydrogens (tertiary/aromatic N) is 2. The van der Waals surface area contributed by atoms with Gasteiger partial charge in [0.15, 0.2) is 0 Å². The Bertz CT molecular complexity index is 874. The molecule has 2 aromatic rings. The van der Waals surface area contributed by atoms with Gasteiger partial charge in [-0.25, -0.2) is 4.79 Å². The molecule has 6 nitrogen and oxygen atoms in total. The Morgan fingerprint density at radius 1 is 1.15 bits per heavy atom. The lowest BCUT2D eigenvalue weighted by Crippen LogP contribution is -2.43. The van der Waals surface area contributed by atoms with E-state index < -0.39 is 24.1 Å². The second kappa shape index (κ2) is 7.53. The average Bonchev–Trinajstić information content (AvgIpc) is 2.92. The maximum Gasteiger partial charge on any atom is 0.387 e. The largest absolute Gasteiger partial charge is 0.434 e. The van der Waals surface area contributed by atoms with Gasteiger partial charge >= 0.3 is 12.6 Å². The lowest BCUT2D eigenvalue weighted by Gasteiger charge is -2.24. The minimum atomic E-state index is -3.00. The summed E-state index contributed by atoms with van der Waals surface area (Å²) in [6, 6.07) is 14.1. The van der Waals surface area contributed by atoms with E-state index in [1.165, 1.54) is 18.2 Å². The number of imide groups is 1. The van der Waals surface area contributed by atoms with E-state index >= 15 is 0 Å². The van der Waals surface area contributed by atoms with Crippen LogP contribution in [0.4, 0.5) is 13.6 Å². The standard InChI is InChI=1S/C19H17F2N3O3/c1-2-19(14-9-4-3-5-10-14)16(25)24(18(26)23-19)22-12-13-8-6-7-11-15(13)27-17(20)21/h3-12,17H,2H2,1H3,(H,23,26)/b22-12-/t19-/m0/s1. The van der Waals surface area contributed by atoms with Gasteiger partial charge in [-0.2, -0.15) is 13.9 Å². The van der Waals surface area contributed by atoms with Crippen molar-refractivity contribution in [3.05, 3.63) is 65.7 Å². The predicted molar refractivity (Wildman–Crippen MR) is 94.5 cm³/mol. The number of alkyl halides is 2. The Morgan fingerprint density at radius 3 is 2.48 bits per heavy atom. The van der Waals surface area contributed by atoms with Crippen LogP contribution in [0.3, 0.4) is 0 Å². The molecule has 2 aromatic carbocycles. The molecule has 1 saturated heterocycles. The molecular formula is C19H17F2N3O3. The van der Waals surface area contributed by atoms with Gasteiger partial charge in [0.2, 0.25) is 0 Å². The van der Waals surface area contributed by atoms with E-state index in [4.69, 9.17) is 0 Å². The summed E-state index contributed by atoms with van der Waals surface area (Å²) in [5, 5.41) is 7.31. The second-order valence-electron chi connectivity index (χ2n) is 5.83. The van der Waals surface area contributed by atoms with Crippen LogP contribution < -0.4 is 10.1 Å². The number of carbonyl (C=O) groups is 2. The zero-order valence-corrected chi connectivity index (χ0v) is 14.4. The fraction of sp³-hybridized carbons (Fsp3) is 0.211. The number of urea groups is 1. The normalized spacial score (nSPS) is 19.8. The van der Waals surface area contributed by atoms with Gasteiger partial charge in [-0.15, -0.1) is 5.01 Å². The van der Waals surface area contributed by atoms with Gasteiger partial charge in [0.1, 0.15) is 11.3 Å². The average molecular weight is 373 g/mol. The van der Waals surface area contributed by atoms with E-state index in [1.54, 1.807) is 37.3 Å². The van der Waals surface area contributed by atoms with Crippen LogP contribution in [0.15, 0.2) is 59.7 Å². The smallest absolute Gasteiger partial charge is 0.387 e. The molecule has 140 valence electrons. The summed E-state index contributed by atoms with van der Waals surface area (Å²) in [5.41, 5.74) is -0.355. The van der Waals surface area contributed by atoms with Gasteiger partial charge in [-0.05, 0) is 24.1 Å². The SMILES string of the molecule is CC[C@@]1(c2ccccc2)NC(=O)N(/N=C\c2ccccc2OC(F)F)C1=O. The van der Waals surface area contributed by atoms with E-state index in [2.05, 4.69) is 15.2 Å². The van der Waals surface area contributed by atoms with Crippen LogP contribution >= 0.6 is 0 Å². The summed E-state index contributed by atoms with van der Waals surface area (Å²) in [5.74, 6) is -0.641. The maximum absolute atomic E-state index is 12.9. The lowest BCUT2D eigenvalue weighted by atomic mass is 9.87. The van der Waals surface area contributed by atoms with Gasteiger partial charge in [-0.1, -0.05) is 49.4 Å². The molecule has 1 aliphatic rings. The molecule has 0 saturated carbocycles. The molecule has 0 aliphatic carbocycles. The van der Waals surface area contributed by atoms with Crippen LogP contribution in [0.1, 0.15) is 24.5 Å². The molecule has 27 heavy (non-hydrogen) atoms. The van der Waals surface area contributed by atoms with E-state index in [9.17, 15) is 18.4 Å². The summed E-state index contributed by atoms with van der Waals surface area (Å²) in [6.07, 6.45) is 1.48. The number of benzene rings is 2. The molecule has 0 unspecified atom stereocenters. The first-order valence-electron chi connectivity index (χ1n) is 8.28. The highest BCUT2D eigenvalue weighted by Crippen LogP contribution is 2.32. The second-order valence-corrected chi connectivity index (χ2v) is 5.83. The molecule has 1 aliphatic heterocycles. The summed E-state index contributed by atoms with van der Waals surface area (Å²) in [4.78, 5) is 25.3. The number of ether oxygens (including phenoxy) is 1. The fourth-order valence-electron chi connectivity index (χ4n) is 2.94. The molecule has 0 radical (unpaired) electrons. The number of hydrogen-bond donors (Lipinski definition) is 1. The van der Waals surface area contributed by atoms with Crippen LogP contribution in [-0.4, -0.2) is 29.8 Å². The van der Waals surface area contributed by atoms with Crippen molar-refractivity contribution >= 4 is 18.2 Å². The number of nitrogens with one attached hydrogen (secondary N) is 1. The van der Waals surface area contributed by atoms with Crippen molar-refractivity contribution in [2.45, 2.75) is 25.5 Å². The van der Waals surface area contributed by atoms with Crippen LogP contribution in [0, 0.1) is 0 Å². The van der Waals surface area contributed by atoms with Gasteiger partial charge in [0.05, 0.1) is 6.21 Å². The number of rotatable bonds is 6. The third-order valence-corrected chi connectivity index (χ3v) is 4.31. The highest BCUT2D eigenvalue weighted by molar-refractivity contribution is 6.07. The van der Waals surface area contributed by atoms with Crippen LogP contribution in [0.2, 0.25) is 0 Å². The highest BCUT2D eigenvalue weighted by atomic mass is 19.3. The first-order valence-corrected chi connectivity index (χ1v) is 8.28. The molecule has 0 spiro atoms. The molecular weight excluding hydrogens is 356 g/mol. The van der Waals surface area contributed by atoms with E-state index in [-0.39, 0.29) is 11.3 Å². The number of hydrazone groups is 1. The van der Waals surface area contributed by atoms with Gasteiger partial charge in [0, 0.05) is 5.56 Å². The third kappa shape index (κ3) is 3.51. The minimum Gasteiger partial charge on any atom is -0.434 e. The Kier molecular flexibility index (Phi) is 5.16.